The summed E-state index contributed by atoms with van der Waals surface area (Å²) >= 11 is 0. The highest BCUT2D eigenvalue weighted by molar-refractivity contribution is 5.48. The number of halogens is 1. The molecule has 0 bridgehead atoms. The van der Waals surface area contributed by atoms with Gasteiger partial charge in [0.1, 0.15) is 57.5 Å². The number of hydrogen-bond donors (Lipinski definition) is 19. The number of methoxy groups -OCH3 is 1. The van der Waals surface area contributed by atoms with Crippen molar-refractivity contribution in [2.45, 2.75) is 270 Å². The van der Waals surface area contributed by atoms with E-state index in [1.54, 1.807) is 86.0 Å². The van der Waals surface area contributed by atoms with Gasteiger partial charge in [0.15, 0.2) is 46.1 Å². The van der Waals surface area contributed by atoms with Gasteiger partial charge >= 0.3 is 0 Å². The lowest BCUT2D eigenvalue weighted by atomic mass is 9.97. The summed E-state index contributed by atoms with van der Waals surface area (Å²) in [5.74, 6) is 9.68. The molecule has 0 aliphatic rings. The zero-order valence-electron chi connectivity index (χ0n) is 92.1. The maximum Gasteiger partial charge on any atom is 0.165 e. The van der Waals surface area contributed by atoms with Crippen molar-refractivity contribution in [3.63, 3.8) is 0 Å². The van der Waals surface area contributed by atoms with E-state index in [9.17, 15) is 40.1 Å². The smallest absolute Gasteiger partial charge is 0.165 e. The number of aromatic hydroxyl groups is 16. The van der Waals surface area contributed by atoms with E-state index in [1.807, 2.05) is 110 Å². The molecule has 0 spiro atoms. The molecule has 0 atom stereocenters. The molecule has 0 saturated carbocycles. The van der Waals surface area contributed by atoms with Crippen LogP contribution in [0.4, 0.5) is 4.39 Å². The summed E-state index contributed by atoms with van der Waals surface area (Å²) in [5, 5.41) is 148. The van der Waals surface area contributed by atoms with Crippen LogP contribution in [-0.4, -0.2) is 88.8 Å². The number of hydrogen-bond acceptors (Lipinski definition) is 20. The molecule has 0 saturated heterocycles. The van der Waals surface area contributed by atoms with Crippen LogP contribution in [0.1, 0.15) is 255 Å². The molecule has 0 amide bonds. The van der Waals surface area contributed by atoms with E-state index < -0.39 is 5.82 Å². The fourth-order valence-corrected chi connectivity index (χ4v) is 15.1. The molecule has 0 radical (unpaired) electrons. The SMILES string of the molecule is CC(C)Cc1cc(CN)c(O)c(CN)c1.CC(C)Cc1cc(O)cc(O)c1.CC(C)Cc1cc(O)ccc1O.CC(C)Cc1ccc(O)c(CN)c1.CC(C)Cc1ccc(O)c(F)c1.CC(C)Cc1ccc(O)c(O)c1.CC(C)Cc1ccc(O)cc1.CC(C)Cc1cccc(O)c1.CC(C)Cc1cccc(O)c1O.CC(C)Cc1ccccc1O.COc1cc(CC(C)C)ccc1O.Cc1cc(CC(C)C)ccc1O. The van der Waals surface area contributed by atoms with Crippen LogP contribution in [-0.2, 0) is 96.7 Å². The van der Waals surface area contributed by atoms with E-state index in [0.29, 0.717) is 125 Å². The van der Waals surface area contributed by atoms with Crippen LogP contribution >= 0.6 is 0 Å². The molecule has 12 aromatic carbocycles. The number of benzene rings is 12. The molecule has 0 aliphatic carbocycles. The third-order valence-corrected chi connectivity index (χ3v) is 21.3. The first-order valence-corrected chi connectivity index (χ1v) is 51.2. The molecule has 22 N–H and O–H groups in total. The molecular formula is C125H180FN3O17. The lowest BCUT2D eigenvalue weighted by molar-refractivity contribution is 0.372. The van der Waals surface area contributed by atoms with Gasteiger partial charge in [-0.2, -0.15) is 0 Å². The number of aryl methyl sites for hydroxylation is 1. The van der Waals surface area contributed by atoms with E-state index in [0.717, 1.165) is 133 Å². The lowest BCUT2D eigenvalue weighted by Gasteiger charge is -2.12. The normalized spacial score (nSPS) is 10.6. The zero-order valence-corrected chi connectivity index (χ0v) is 92.1. The van der Waals surface area contributed by atoms with Crippen LogP contribution in [0.15, 0.2) is 231 Å². The Morgan fingerprint density at radius 3 is 0.945 bits per heavy atom. The second kappa shape index (κ2) is 70.7. The number of nitrogens with two attached hydrogens (primary N) is 3. The number of phenolic OH excluding ortho intramolecular Hbond substituents is 16. The van der Waals surface area contributed by atoms with Gasteiger partial charge < -0.3 is 104 Å². The Hall–Kier alpha value is -13.0. The van der Waals surface area contributed by atoms with E-state index >= 15 is 0 Å². The van der Waals surface area contributed by atoms with E-state index in [2.05, 4.69) is 172 Å². The van der Waals surface area contributed by atoms with Crippen molar-refractivity contribution in [3.8, 4) is 97.7 Å². The first kappa shape index (κ1) is 131. The fourth-order valence-electron chi connectivity index (χ4n) is 15.1. The maximum absolute atomic E-state index is 12.8. The van der Waals surface area contributed by atoms with Crippen molar-refractivity contribution in [3.05, 3.63) is 325 Å². The van der Waals surface area contributed by atoms with Gasteiger partial charge in [-0.15, -0.1) is 0 Å². The number of rotatable bonds is 28. The highest BCUT2D eigenvalue weighted by Gasteiger charge is 2.15. The minimum Gasteiger partial charge on any atom is -0.508 e. The van der Waals surface area contributed by atoms with Gasteiger partial charge in [0, 0.05) is 42.4 Å². The van der Waals surface area contributed by atoms with Crippen LogP contribution in [0, 0.1) is 83.8 Å². The number of para-hydroxylation sites is 2. The molecule has 0 aromatic heterocycles. The molecule has 0 aliphatic heterocycles. The summed E-state index contributed by atoms with van der Waals surface area (Å²) in [7, 11) is 1.56. The highest BCUT2D eigenvalue weighted by atomic mass is 19.1. The predicted octanol–water partition coefficient (Wildman–Crippen LogP) is 28.7. The van der Waals surface area contributed by atoms with Crippen LogP contribution < -0.4 is 21.9 Å². The summed E-state index contributed by atoms with van der Waals surface area (Å²) in [6.45, 7) is 54.3. The molecular weight excluding hydrogens is 1830 g/mol. The standard InChI is InChI=1S/C12H20N2O.C11H17NO.C11H16O2.C11H16O.C10H13FO.4C10H14O2.3C10H14O/c1-8(2)3-9-4-10(6-13)12(15)11(5-9)7-14;1-8(2)5-9-3-4-11(13)10(6-9)7-12;1-8(2)6-9-4-5-10(12)11(7-9)13-3;1-8(2)6-10-4-5-11(12)9(3)7-10;1-7(2)5-8-3-4-10(12)9(11)6-8;1-7(2)3-8-4-9(11)6-10(12)5-8;1-7(2)5-8-6-9(11)3-4-10(8)12;1-7(2)5-8-3-4-9(11)10(12)6-8;1-7(2)6-8-4-3-5-9(11)10(8)12;1-8(2)7-9-3-5-10(11)6-4-9;1-8(2)6-9-4-3-5-10(11)7-9;1-8(2)7-9-5-3-4-6-10(9)11/h4-5,8,15H,3,6-7,13-14H2,1-2H3;3-4,6,8,13H,5,7,12H2,1-2H3;4-5,7-8,12H,6H2,1-3H3;4-5,7-8,12H,6H2,1-3H3;3-4,6-7,12H,5H2,1-2H3;4-7,11-12H,3H2,1-2H3;2*3-4,6-7,11-12H,5H2,1-2H3;3-5,7,11-12H,6H2,1-2H3;3-6,8,11H,7H2,1-2H3;3-5,7-8,11H,6H2,1-2H3;3-6,8,11H,7H2,1-2H3. The maximum atomic E-state index is 12.8. The molecule has 12 aromatic rings. The van der Waals surface area contributed by atoms with Gasteiger partial charge in [0.25, 0.3) is 0 Å². The van der Waals surface area contributed by atoms with Gasteiger partial charge in [0.05, 0.1) is 7.11 Å². The molecule has 0 unspecified atom stereocenters. The Bertz CT molecular complexity index is 5380. The summed E-state index contributed by atoms with van der Waals surface area (Å²) in [5.41, 5.74) is 33.1. The summed E-state index contributed by atoms with van der Waals surface area (Å²) in [6.07, 6.45) is 11.4. The van der Waals surface area contributed by atoms with Crippen molar-refractivity contribution in [2.75, 3.05) is 7.11 Å². The van der Waals surface area contributed by atoms with Gasteiger partial charge in [-0.3, -0.25) is 0 Å². The van der Waals surface area contributed by atoms with Crippen LogP contribution in [0.25, 0.3) is 0 Å². The third-order valence-electron chi connectivity index (χ3n) is 21.3. The Morgan fingerprint density at radius 1 is 0.205 bits per heavy atom. The van der Waals surface area contributed by atoms with Crippen molar-refractivity contribution in [1.82, 2.24) is 0 Å². The summed E-state index contributed by atoms with van der Waals surface area (Å²) in [6, 6.07) is 67.1. The van der Waals surface area contributed by atoms with Gasteiger partial charge in [-0.1, -0.05) is 275 Å². The van der Waals surface area contributed by atoms with Crippen molar-refractivity contribution < 1.29 is 90.8 Å². The first-order chi connectivity index (χ1) is 68.5. The Balaban J connectivity index is 0.000000797. The molecule has 21 heteroatoms. The molecule has 146 heavy (non-hydrogen) atoms. The van der Waals surface area contributed by atoms with Crippen molar-refractivity contribution in [2.24, 2.45) is 88.2 Å². The largest absolute Gasteiger partial charge is 0.508 e. The van der Waals surface area contributed by atoms with Crippen LogP contribution in [0.2, 0.25) is 0 Å². The lowest BCUT2D eigenvalue weighted by Crippen LogP contribution is -2.05. The van der Waals surface area contributed by atoms with Crippen molar-refractivity contribution in [1.29, 1.82) is 0 Å². The molecule has 20 nitrogen and oxygen atoms in total. The number of ether oxygens (including phenoxy) is 1. The molecule has 804 valence electrons. The predicted molar refractivity (Wildman–Crippen MR) is 601 cm³/mol. The zero-order chi connectivity index (χ0) is 111. The van der Waals surface area contributed by atoms with Crippen LogP contribution in [0.5, 0.6) is 97.7 Å². The second-order valence-electron chi connectivity index (χ2n) is 42.2. The Kier molecular flexibility index (Phi) is 63.5. The number of phenols is 16. The van der Waals surface area contributed by atoms with Gasteiger partial charge in [-0.05, 0) is 343 Å². The van der Waals surface area contributed by atoms with Crippen molar-refractivity contribution >= 4 is 0 Å². The average molecular weight is 2020 g/mol. The Labute approximate surface area is 873 Å². The van der Waals surface area contributed by atoms with E-state index in [4.69, 9.17) is 67.9 Å². The highest BCUT2D eigenvalue weighted by Crippen LogP contribution is 2.34. The molecule has 0 fully saturated rings. The monoisotopic (exact) mass is 2010 g/mol. The third kappa shape index (κ3) is 58.9. The fraction of sp³-hybridized carbons (Fsp3) is 0.424. The Morgan fingerprint density at radius 2 is 0.514 bits per heavy atom. The topological polar surface area (TPSA) is 411 Å². The molecule has 12 rings (SSSR count). The second-order valence-corrected chi connectivity index (χ2v) is 42.2. The van der Waals surface area contributed by atoms with E-state index in [-0.39, 0.29) is 63.2 Å². The van der Waals surface area contributed by atoms with Crippen LogP contribution in [0.3, 0.4) is 0 Å². The summed E-state index contributed by atoms with van der Waals surface area (Å²) in [4.78, 5) is 0. The van der Waals surface area contributed by atoms with Gasteiger partial charge in [0.2, 0.25) is 0 Å². The quantitative estimate of drug-likeness (QED) is 0.0160. The first-order valence-electron chi connectivity index (χ1n) is 51.2. The molecule has 0 heterocycles. The van der Waals surface area contributed by atoms with Gasteiger partial charge in [-0.25, -0.2) is 4.39 Å². The minimum absolute atomic E-state index is 0.0196. The minimum atomic E-state index is -0.534. The summed E-state index contributed by atoms with van der Waals surface area (Å²) < 4.78 is 17.8. The van der Waals surface area contributed by atoms with E-state index in [1.165, 1.54) is 75.8 Å². The average Bonchev–Trinajstić information content (AvgIpc) is 0.833.